The normalized spacial score (nSPS) is 10.6. The Hall–Kier alpha value is -1.88. The average Bonchev–Trinajstić information content (AvgIpc) is 2.98. The molecule has 0 aliphatic rings. The maximum atomic E-state index is 12.2. The molecule has 0 saturated heterocycles. The van der Waals surface area contributed by atoms with E-state index in [4.69, 9.17) is 23.2 Å². The smallest absolute Gasteiger partial charge is 0.231 e. The van der Waals surface area contributed by atoms with Gasteiger partial charge in [0, 0.05) is 16.6 Å². The first-order valence-corrected chi connectivity index (χ1v) is 8.91. The molecule has 1 aromatic heterocycles. The molecular weight excluding hydrogens is 363 g/mol. The van der Waals surface area contributed by atoms with Gasteiger partial charge >= 0.3 is 0 Å². The van der Waals surface area contributed by atoms with Crippen molar-refractivity contribution in [2.24, 2.45) is 0 Å². The van der Waals surface area contributed by atoms with Crippen LogP contribution in [0.1, 0.15) is 10.6 Å². The van der Waals surface area contributed by atoms with E-state index in [9.17, 15) is 4.79 Å². The topological polar surface area (TPSA) is 42.0 Å². The van der Waals surface area contributed by atoms with E-state index < -0.39 is 0 Å². The molecule has 1 amide bonds. The van der Waals surface area contributed by atoms with Gasteiger partial charge in [-0.2, -0.15) is 0 Å². The molecular formula is C18H14Cl2N2OS. The van der Waals surface area contributed by atoms with Crippen LogP contribution < -0.4 is 5.32 Å². The number of carbonyl (C=O) groups is 1. The number of aromatic nitrogens is 1. The molecule has 0 saturated carbocycles. The van der Waals surface area contributed by atoms with Crippen molar-refractivity contribution in [1.29, 1.82) is 0 Å². The summed E-state index contributed by atoms with van der Waals surface area (Å²) in [6.07, 6.45) is 0.236. The van der Waals surface area contributed by atoms with Crippen molar-refractivity contribution >= 4 is 46.1 Å². The molecule has 0 aliphatic heterocycles. The highest BCUT2D eigenvalue weighted by Crippen LogP contribution is 2.29. The third-order valence-corrected chi connectivity index (χ3v) is 4.97. The molecule has 122 valence electrons. The summed E-state index contributed by atoms with van der Waals surface area (Å²) in [5, 5.41) is 6.54. The minimum atomic E-state index is -0.0874. The summed E-state index contributed by atoms with van der Waals surface area (Å²) in [5.74, 6) is -0.0874. The van der Waals surface area contributed by atoms with Gasteiger partial charge in [-0.25, -0.2) is 4.98 Å². The molecule has 6 heteroatoms. The van der Waals surface area contributed by atoms with Crippen LogP contribution in [-0.2, 0) is 11.2 Å². The number of nitrogens with zero attached hydrogens (tertiary/aromatic N) is 1. The predicted octanol–water partition coefficient (Wildman–Crippen LogP) is 5.61. The van der Waals surface area contributed by atoms with Crippen LogP contribution in [0.2, 0.25) is 10.0 Å². The van der Waals surface area contributed by atoms with E-state index in [1.165, 1.54) is 11.3 Å². The first kappa shape index (κ1) is 17.0. The van der Waals surface area contributed by atoms with E-state index in [0.717, 1.165) is 27.5 Å². The van der Waals surface area contributed by atoms with Gasteiger partial charge in [-0.3, -0.25) is 4.79 Å². The maximum Gasteiger partial charge on any atom is 0.231 e. The number of rotatable bonds is 4. The van der Waals surface area contributed by atoms with Crippen LogP contribution in [0.25, 0.3) is 11.3 Å². The standard InChI is InChI=1S/C18H14Cl2N2OS/c1-11-3-2-4-13(7-11)21-17(23)9-18-22-16(10-24-18)12-5-6-14(19)15(20)8-12/h2-8,10H,9H2,1H3,(H,21,23). The molecule has 3 rings (SSSR count). The van der Waals surface area contributed by atoms with Gasteiger partial charge in [-0.1, -0.05) is 41.4 Å². The van der Waals surface area contributed by atoms with Gasteiger partial charge in [0.25, 0.3) is 0 Å². The van der Waals surface area contributed by atoms with Gasteiger partial charge in [0.2, 0.25) is 5.91 Å². The molecule has 0 spiro atoms. The number of nitrogens with one attached hydrogen (secondary N) is 1. The molecule has 2 aromatic carbocycles. The van der Waals surface area contributed by atoms with Crippen LogP contribution in [0.4, 0.5) is 5.69 Å². The summed E-state index contributed by atoms with van der Waals surface area (Å²) in [4.78, 5) is 16.7. The van der Waals surface area contributed by atoms with Crippen LogP contribution >= 0.6 is 34.5 Å². The molecule has 0 aliphatic carbocycles. The quantitative estimate of drug-likeness (QED) is 0.642. The van der Waals surface area contributed by atoms with Gasteiger partial charge in [-0.05, 0) is 36.8 Å². The highest BCUT2D eigenvalue weighted by molar-refractivity contribution is 7.10. The first-order valence-electron chi connectivity index (χ1n) is 7.27. The molecule has 1 heterocycles. The van der Waals surface area contributed by atoms with Crippen molar-refractivity contribution in [3.05, 3.63) is 68.5 Å². The molecule has 1 N–H and O–H groups in total. The van der Waals surface area contributed by atoms with Gasteiger partial charge in [0.05, 0.1) is 22.2 Å². The highest BCUT2D eigenvalue weighted by Gasteiger charge is 2.10. The van der Waals surface area contributed by atoms with Gasteiger partial charge in [-0.15, -0.1) is 11.3 Å². The van der Waals surface area contributed by atoms with E-state index in [-0.39, 0.29) is 12.3 Å². The second-order valence-electron chi connectivity index (χ2n) is 5.35. The van der Waals surface area contributed by atoms with Crippen LogP contribution in [0, 0.1) is 6.92 Å². The SMILES string of the molecule is Cc1cccc(NC(=O)Cc2nc(-c3ccc(Cl)c(Cl)c3)cs2)c1. The molecule has 0 atom stereocenters. The number of aryl methyl sites for hydroxylation is 1. The summed E-state index contributed by atoms with van der Waals surface area (Å²) in [5.41, 5.74) is 3.56. The van der Waals surface area contributed by atoms with Crippen molar-refractivity contribution in [3.8, 4) is 11.3 Å². The van der Waals surface area contributed by atoms with Crippen molar-refractivity contribution in [2.75, 3.05) is 5.32 Å². The second-order valence-corrected chi connectivity index (χ2v) is 7.11. The van der Waals surface area contributed by atoms with Crippen LogP contribution in [-0.4, -0.2) is 10.9 Å². The Morgan fingerprint density at radius 2 is 2.00 bits per heavy atom. The number of amides is 1. The Bertz CT molecular complexity index is 892. The number of thiazole rings is 1. The van der Waals surface area contributed by atoms with Crippen molar-refractivity contribution < 1.29 is 4.79 Å². The Kier molecular flexibility index (Phi) is 5.19. The Morgan fingerprint density at radius 3 is 2.75 bits per heavy atom. The summed E-state index contributed by atoms with van der Waals surface area (Å²) < 4.78 is 0. The van der Waals surface area contributed by atoms with E-state index in [0.29, 0.717) is 10.0 Å². The number of carbonyl (C=O) groups excluding carboxylic acids is 1. The lowest BCUT2D eigenvalue weighted by Crippen LogP contribution is -2.14. The number of hydrogen-bond acceptors (Lipinski definition) is 3. The average molecular weight is 377 g/mol. The van der Waals surface area contributed by atoms with Crippen molar-refractivity contribution in [1.82, 2.24) is 4.98 Å². The largest absolute Gasteiger partial charge is 0.326 e. The van der Waals surface area contributed by atoms with Crippen LogP contribution in [0.15, 0.2) is 47.8 Å². The fourth-order valence-corrected chi connectivity index (χ4v) is 3.35. The molecule has 3 aromatic rings. The summed E-state index contributed by atoms with van der Waals surface area (Å²) in [6, 6.07) is 13.1. The van der Waals surface area contributed by atoms with E-state index in [1.54, 1.807) is 12.1 Å². The molecule has 3 nitrogen and oxygen atoms in total. The number of halogens is 2. The van der Waals surface area contributed by atoms with Crippen molar-refractivity contribution in [2.45, 2.75) is 13.3 Å². The minimum absolute atomic E-state index is 0.0874. The molecule has 0 unspecified atom stereocenters. The first-order chi connectivity index (χ1) is 11.5. The minimum Gasteiger partial charge on any atom is -0.326 e. The van der Waals surface area contributed by atoms with E-state index in [2.05, 4.69) is 10.3 Å². The predicted molar refractivity (Wildman–Crippen MR) is 101 cm³/mol. The summed E-state index contributed by atoms with van der Waals surface area (Å²) in [6.45, 7) is 1.99. The third kappa shape index (κ3) is 4.15. The van der Waals surface area contributed by atoms with Gasteiger partial charge < -0.3 is 5.32 Å². The number of hydrogen-bond donors (Lipinski definition) is 1. The second kappa shape index (κ2) is 7.34. The monoisotopic (exact) mass is 376 g/mol. The number of benzene rings is 2. The summed E-state index contributed by atoms with van der Waals surface area (Å²) >= 11 is 13.4. The Balaban J connectivity index is 1.69. The zero-order valence-corrected chi connectivity index (χ0v) is 15.2. The molecule has 0 bridgehead atoms. The fourth-order valence-electron chi connectivity index (χ4n) is 2.25. The molecule has 0 fully saturated rings. The Labute approximate surface area is 154 Å². The van der Waals surface area contributed by atoms with E-state index in [1.807, 2.05) is 42.6 Å². The van der Waals surface area contributed by atoms with E-state index >= 15 is 0 Å². The third-order valence-electron chi connectivity index (χ3n) is 3.38. The van der Waals surface area contributed by atoms with Gasteiger partial charge in [0.1, 0.15) is 5.01 Å². The Morgan fingerprint density at radius 1 is 1.17 bits per heavy atom. The zero-order valence-electron chi connectivity index (χ0n) is 12.8. The lowest BCUT2D eigenvalue weighted by molar-refractivity contribution is -0.115. The molecule has 24 heavy (non-hydrogen) atoms. The van der Waals surface area contributed by atoms with Crippen molar-refractivity contribution in [3.63, 3.8) is 0 Å². The van der Waals surface area contributed by atoms with Crippen LogP contribution in [0.3, 0.4) is 0 Å². The highest BCUT2D eigenvalue weighted by atomic mass is 35.5. The lowest BCUT2D eigenvalue weighted by atomic mass is 10.2. The summed E-state index contributed by atoms with van der Waals surface area (Å²) in [7, 11) is 0. The number of anilines is 1. The maximum absolute atomic E-state index is 12.2. The molecule has 0 radical (unpaired) electrons. The lowest BCUT2D eigenvalue weighted by Gasteiger charge is -2.04. The van der Waals surface area contributed by atoms with Gasteiger partial charge in [0.15, 0.2) is 0 Å². The zero-order chi connectivity index (χ0) is 17.1. The van der Waals surface area contributed by atoms with Crippen LogP contribution in [0.5, 0.6) is 0 Å². The fraction of sp³-hybridized carbons (Fsp3) is 0.111.